The number of hydrogen-bond donors (Lipinski definition) is 1. The Labute approximate surface area is 242 Å². The first-order valence-corrected chi connectivity index (χ1v) is 15.9. The van der Waals surface area contributed by atoms with Crippen LogP contribution in [0.4, 0.5) is 5.95 Å². The molecule has 2 aliphatic heterocycles. The topological polar surface area (TPSA) is 73.8 Å². The highest BCUT2D eigenvalue weighted by molar-refractivity contribution is 5.86. The molecule has 4 aromatic rings. The summed E-state index contributed by atoms with van der Waals surface area (Å²) < 4.78 is 0. The van der Waals surface area contributed by atoms with Crippen LogP contribution in [0.3, 0.4) is 0 Å². The molecule has 1 saturated heterocycles. The summed E-state index contributed by atoms with van der Waals surface area (Å²) >= 11 is 0. The molecule has 7 nitrogen and oxygen atoms in total. The molecular formula is C34H41N7. The molecule has 3 aromatic heterocycles. The number of likely N-dealkylation sites (tertiary alicyclic amines) is 1. The monoisotopic (exact) mass is 547 g/mol. The summed E-state index contributed by atoms with van der Waals surface area (Å²) in [6.45, 7) is 7.76. The lowest BCUT2D eigenvalue weighted by atomic mass is 9.53. The van der Waals surface area contributed by atoms with Gasteiger partial charge in [-0.1, -0.05) is 37.6 Å². The fraction of sp³-hybridized carbons (Fsp3) is 0.529. The Morgan fingerprint density at radius 3 is 2.49 bits per heavy atom. The van der Waals surface area contributed by atoms with Crippen LogP contribution in [0.5, 0.6) is 0 Å². The van der Waals surface area contributed by atoms with Crippen molar-refractivity contribution in [1.82, 2.24) is 30.0 Å². The molecule has 41 heavy (non-hydrogen) atoms. The van der Waals surface area contributed by atoms with Crippen LogP contribution in [0.2, 0.25) is 0 Å². The third-order valence-electron chi connectivity index (χ3n) is 11.0. The Hall–Kier alpha value is -3.32. The first-order valence-electron chi connectivity index (χ1n) is 15.9. The quantitative estimate of drug-likeness (QED) is 0.298. The molecule has 0 radical (unpaired) electrons. The van der Waals surface area contributed by atoms with Crippen LogP contribution >= 0.6 is 0 Å². The number of aromatic nitrogens is 5. The van der Waals surface area contributed by atoms with E-state index in [1.165, 1.54) is 85.8 Å². The fourth-order valence-electron chi connectivity index (χ4n) is 8.41. The van der Waals surface area contributed by atoms with Crippen LogP contribution in [0.1, 0.15) is 92.6 Å². The number of aromatic amines is 1. The first kappa shape index (κ1) is 25.4. The molecule has 2 aliphatic carbocycles. The van der Waals surface area contributed by atoms with Gasteiger partial charge in [0.2, 0.25) is 5.95 Å². The van der Waals surface area contributed by atoms with Gasteiger partial charge >= 0.3 is 0 Å². The number of hydrogen-bond acceptors (Lipinski definition) is 6. The number of aryl methyl sites for hydroxylation is 1. The highest BCUT2D eigenvalue weighted by Gasteiger charge is 2.50. The van der Waals surface area contributed by atoms with Gasteiger partial charge in [0.1, 0.15) is 0 Å². The Bertz CT molecular complexity index is 1550. The van der Waals surface area contributed by atoms with Crippen molar-refractivity contribution in [3.05, 3.63) is 65.1 Å². The second-order valence-electron chi connectivity index (χ2n) is 13.2. The molecule has 5 heterocycles. The third-order valence-corrected chi connectivity index (χ3v) is 11.0. The molecule has 1 aromatic carbocycles. The van der Waals surface area contributed by atoms with E-state index in [-0.39, 0.29) is 6.04 Å². The summed E-state index contributed by atoms with van der Waals surface area (Å²) in [5.41, 5.74) is 8.83. The van der Waals surface area contributed by atoms with Crippen LogP contribution in [0.15, 0.2) is 42.7 Å². The van der Waals surface area contributed by atoms with Crippen LogP contribution in [0.25, 0.3) is 22.3 Å². The molecule has 3 fully saturated rings. The molecular weight excluding hydrogens is 506 g/mol. The zero-order valence-electron chi connectivity index (χ0n) is 24.4. The molecule has 0 bridgehead atoms. The smallest absolute Gasteiger partial charge is 0.225 e. The maximum Gasteiger partial charge on any atom is 0.225 e. The largest absolute Gasteiger partial charge is 0.341 e. The van der Waals surface area contributed by atoms with E-state index in [2.05, 4.69) is 81.6 Å². The molecule has 1 N–H and O–H groups in total. The van der Waals surface area contributed by atoms with E-state index in [0.717, 1.165) is 53.7 Å². The van der Waals surface area contributed by atoms with Gasteiger partial charge < -0.3 is 14.8 Å². The van der Waals surface area contributed by atoms with Crippen LogP contribution in [0, 0.1) is 12.3 Å². The molecule has 7 heteroatoms. The fourth-order valence-corrected chi connectivity index (χ4v) is 8.41. The number of nitrogens with zero attached hydrogens (tertiary/aromatic N) is 6. The maximum atomic E-state index is 4.97. The molecule has 212 valence electrons. The van der Waals surface area contributed by atoms with E-state index in [4.69, 9.17) is 9.97 Å². The van der Waals surface area contributed by atoms with E-state index >= 15 is 0 Å². The lowest BCUT2D eigenvalue weighted by Gasteiger charge is -2.58. The van der Waals surface area contributed by atoms with E-state index < -0.39 is 0 Å². The van der Waals surface area contributed by atoms with Crippen molar-refractivity contribution in [1.29, 1.82) is 0 Å². The van der Waals surface area contributed by atoms with E-state index in [0.29, 0.717) is 5.92 Å². The van der Waals surface area contributed by atoms with E-state index in [1.807, 2.05) is 0 Å². The van der Waals surface area contributed by atoms with E-state index in [1.54, 1.807) is 0 Å². The number of piperidine rings is 1. The van der Waals surface area contributed by atoms with Crippen molar-refractivity contribution >= 4 is 17.0 Å². The van der Waals surface area contributed by atoms with Gasteiger partial charge in [-0.05, 0) is 93.5 Å². The summed E-state index contributed by atoms with van der Waals surface area (Å²) in [4.78, 5) is 18.7. The molecule has 4 aliphatic rings. The average molecular weight is 548 g/mol. The maximum absolute atomic E-state index is 4.97. The number of fused-ring (bicyclic) bond motifs is 3. The second-order valence-corrected chi connectivity index (χ2v) is 13.2. The van der Waals surface area contributed by atoms with Crippen molar-refractivity contribution in [3.63, 3.8) is 0 Å². The third kappa shape index (κ3) is 4.27. The minimum Gasteiger partial charge on any atom is -0.341 e. The Balaban J connectivity index is 0.998. The molecule has 1 unspecified atom stereocenters. The first-order chi connectivity index (χ1) is 20.1. The van der Waals surface area contributed by atoms with Crippen molar-refractivity contribution in [2.45, 2.75) is 89.6 Å². The number of nitrogens with one attached hydrogen (secondary N) is 1. The zero-order valence-corrected chi connectivity index (χ0v) is 24.4. The Kier molecular flexibility index (Phi) is 6.13. The highest BCUT2D eigenvalue weighted by atomic mass is 15.3. The number of benzene rings is 1. The number of anilines is 1. The van der Waals surface area contributed by atoms with Gasteiger partial charge in [-0.2, -0.15) is 0 Å². The second kappa shape index (κ2) is 9.90. The van der Waals surface area contributed by atoms with Gasteiger partial charge in [0.15, 0.2) is 5.65 Å². The van der Waals surface area contributed by atoms with Gasteiger partial charge in [0.25, 0.3) is 0 Å². The van der Waals surface area contributed by atoms with Crippen molar-refractivity contribution in [2.24, 2.45) is 5.41 Å². The average Bonchev–Trinajstić information content (AvgIpc) is 3.34. The van der Waals surface area contributed by atoms with Gasteiger partial charge in [-0.25, -0.2) is 9.97 Å². The van der Waals surface area contributed by atoms with Gasteiger partial charge in [-0.3, -0.25) is 0 Å². The molecule has 8 rings (SSSR count). The van der Waals surface area contributed by atoms with Gasteiger partial charge in [0, 0.05) is 53.6 Å². The lowest BCUT2D eigenvalue weighted by Crippen LogP contribution is -2.55. The molecule has 1 atom stereocenters. The summed E-state index contributed by atoms with van der Waals surface area (Å²) in [6.07, 6.45) is 16.0. The summed E-state index contributed by atoms with van der Waals surface area (Å²) in [6, 6.07) is 11.7. The van der Waals surface area contributed by atoms with Crippen LogP contribution < -0.4 is 4.90 Å². The predicted octanol–water partition coefficient (Wildman–Crippen LogP) is 6.75. The predicted molar refractivity (Wildman–Crippen MR) is 163 cm³/mol. The Morgan fingerprint density at radius 2 is 1.78 bits per heavy atom. The van der Waals surface area contributed by atoms with Crippen molar-refractivity contribution in [2.75, 3.05) is 24.5 Å². The van der Waals surface area contributed by atoms with Crippen LogP contribution in [-0.2, 0) is 6.42 Å². The summed E-state index contributed by atoms with van der Waals surface area (Å²) in [7, 11) is 0. The van der Waals surface area contributed by atoms with E-state index in [9.17, 15) is 0 Å². The number of H-pyrrole nitrogens is 1. The minimum atomic E-state index is 0.206. The molecule has 0 amide bonds. The number of rotatable bonds is 5. The van der Waals surface area contributed by atoms with Gasteiger partial charge in [-0.15, -0.1) is 10.2 Å². The standard InChI is InChI=1S/C34H41N7/c1-3-30-31-27-17-29(26-8-5-4-7-22(26)2)38-39-32(27)37-28(31)11-16-41(30)33-35-20-24(21-36-33)23-9-14-40(15-10-23)25-18-34(19-25)12-6-13-34/h4-5,7-8,17,20-21,23,25,30H,3,6,9-16,18-19H2,1-2H3,(H,37,39). The van der Waals surface area contributed by atoms with Gasteiger partial charge in [0.05, 0.1) is 11.7 Å². The summed E-state index contributed by atoms with van der Waals surface area (Å²) in [5.74, 6) is 1.43. The molecule has 2 saturated carbocycles. The summed E-state index contributed by atoms with van der Waals surface area (Å²) in [5, 5.41) is 10.4. The minimum absolute atomic E-state index is 0.206. The lowest BCUT2D eigenvalue weighted by molar-refractivity contribution is -0.0611. The highest BCUT2D eigenvalue weighted by Crippen LogP contribution is 2.57. The van der Waals surface area contributed by atoms with Crippen LogP contribution in [-0.4, -0.2) is 55.7 Å². The zero-order chi connectivity index (χ0) is 27.6. The Morgan fingerprint density at radius 1 is 1.00 bits per heavy atom. The molecule has 1 spiro atoms. The normalized spacial score (nSPS) is 23.0. The van der Waals surface area contributed by atoms with Crippen molar-refractivity contribution < 1.29 is 0 Å². The van der Waals surface area contributed by atoms with Crippen molar-refractivity contribution in [3.8, 4) is 11.3 Å². The SMILES string of the molecule is CCC1c2c([nH]c3nnc(-c4ccccc4C)cc23)CCN1c1ncc(C2CCN(C3CC4(CCC4)C3)CC2)cn1.